The van der Waals surface area contributed by atoms with Crippen LogP contribution in [0.3, 0.4) is 0 Å². The predicted molar refractivity (Wildman–Crippen MR) is 85.8 cm³/mol. The van der Waals surface area contributed by atoms with Crippen LogP contribution >= 0.6 is 12.4 Å². The van der Waals surface area contributed by atoms with E-state index in [0.29, 0.717) is 6.04 Å². The number of aryl methyl sites for hydroxylation is 2. The molecule has 1 N–H and O–H groups in total. The van der Waals surface area contributed by atoms with Crippen molar-refractivity contribution >= 4 is 18.3 Å². The predicted octanol–water partition coefficient (Wildman–Crippen LogP) is 2.94. The maximum Gasteiger partial charge on any atom is 0.253 e. The average molecular weight is 297 g/mol. The second-order valence-electron chi connectivity index (χ2n) is 5.63. The SMILES string of the molecule is Cc1cc(C)cc(C(=O)N(C)C2CCCNCC2)c1.Cl. The Morgan fingerprint density at radius 2 is 1.80 bits per heavy atom. The Balaban J connectivity index is 0.00000200. The summed E-state index contributed by atoms with van der Waals surface area (Å²) in [7, 11) is 1.94. The number of carbonyl (C=O) groups excluding carboxylic acids is 1. The Kier molecular flexibility index (Phi) is 6.50. The maximum atomic E-state index is 12.6. The summed E-state index contributed by atoms with van der Waals surface area (Å²) in [6.45, 7) is 6.16. The van der Waals surface area contributed by atoms with E-state index in [1.54, 1.807) is 0 Å². The molecule has 1 aliphatic heterocycles. The van der Waals surface area contributed by atoms with Gasteiger partial charge in [0.15, 0.2) is 0 Å². The number of carbonyl (C=O) groups is 1. The lowest BCUT2D eigenvalue weighted by Crippen LogP contribution is -2.37. The van der Waals surface area contributed by atoms with Crippen LogP contribution in [0.4, 0.5) is 0 Å². The monoisotopic (exact) mass is 296 g/mol. The fourth-order valence-corrected chi connectivity index (χ4v) is 2.86. The summed E-state index contributed by atoms with van der Waals surface area (Å²) < 4.78 is 0. The molecule has 1 aliphatic rings. The Bertz CT molecular complexity index is 434. The van der Waals surface area contributed by atoms with Crippen LogP contribution in [0.25, 0.3) is 0 Å². The molecule has 20 heavy (non-hydrogen) atoms. The van der Waals surface area contributed by atoms with Crippen LogP contribution in [0.5, 0.6) is 0 Å². The fraction of sp³-hybridized carbons (Fsp3) is 0.562. The van der Waals surface area contributed by atoms with E-state index in [9.17, 15) is 4.79 Å². The first-order valence-electron chi connectivity index (χ1n) is 7.14. The minimum atomic E-state index is 0. The average Bonchev–Trinajstić information content (AvgIpc) is 2.64. The number of benzene rings is 1. The van der Waals surface area contributed by atoms with Crippen LogP contribution in [0.2, 0.25) is 0 Å². The van der Waals surface area contributed by atoms with Gasteiger partial charge in [0.1, 0.15) is 0 Å². The zero-order chi connectivity index (χ0) is 13.8. The van der Waals surface area contributed by atoms with Crippen LogP contribution in [0.1, 0.15) is 40.7 Å². The van der Waals surface area contributed by atoms with Crippen LogP contribution in [-0.4, -0.2) is 37.0 Å². The first-order valence-corrected chi connectivity index (χ1v) is 7.14. The van der Waals surface area contributed by atoms with Crippen molar-refractivity contribution in [3.05, 3.63) is 34.9 Å². The number of hydrogen-bond donors (Lipinski definition) is 1. The van der Waals surface area contributed by atoms with Gasteiger partial charge in [-0.3, -0.25) is 4.79 Å². The van der Waals surface area contributed by atoms with E-state index in [1.807, 2.05) is 37.9 Å². The van der Waals surface area contributed by atoms with Gasteiger partial charge in [-0.1, -0.05) is 17.2 Å². The van der Waals surface area contributed by atoms with Gasteiger partial charge < -0.3 is 10.2 Å². The molecule has 1 aromatic rings. The quantitative estimate of drug-likeness (QED) is 0.910. The summed E-state index contributed by atoms with van der Waals surface area (Å²) in [4.78, 5) is 14.5. The molecule has 0 aliphatic carbocycles. The van der Waals surface area contributed by atoms with Crippen molar-refractivity contribution in [2.24, 2.45) is 0 Å². The second kappa shape index (κ2) is 7.65. The van der Waals surface area contributed by atoms with Gasteiger partial charge in [-0.2, -0.15) is 0 Å². The Morgan fingerprint density at radius 1 is 1.15 bits per heavy atom. The van der Waals surface area contributed by atoms with E-state index in [4.69, 9.17) is 0 Å². The first-order chi connectivity index (χ1) is 9.08. The number of hydrogen-bond acceptors (Lipinski definition) is 2. The van der Waals surface area contributed by atoms with Gasteiger partial charge in [-0.15, -0.1) is 12.4 Å². The molecular formula is C16H25ClN2O. The van der Waals surface area contributed by atoms with Crippen molar-refractivity contribution in [3.8, 4) is 0 Å². The number of amides is 1. The highest BCUT2D eigenvalue weighted by Crippen LogP contribution is 2.17. The van der Waals surface area contributed by atoms with Gasteiger partial charge >= 0.3 is 0 Å². The van der Waals surface area contributed by atoms with Crippen molar-refractivity contribution in [3.63, 3.8) is 0 Å². The Labute approximate surface area is 128 Å². The van der Waals surface area contributed by atoms with E-state index >= 15 is 0 Å². The lowest BCUT2D eigenvalue weighted by Gasteiger charge is -2.27. The molecule has 0 radical (unpaired) electrons. The molecule has 3 nitrogen and oxygen atoms in total. The molecule has 0 saturated carbocycles. The molecule has 1 heterocycles. The topological polar surface area (TPSA) is 32.3 Å². The Morgan fingerprint density at radius 3 is 2.45 bits per heavy atom. The molecule has 0 bridgehead atoms. The summed E-state index contributed by atoms with van der Waals surface area (Å²) in [5.41, 5.74) is 3.12. The minimum Gasteiger partial charge on any atom is -0.339 e. The van der Waals surface area contributed by atoms with E-state index in [-0.39, 0.29) is 18.3 Å². The summed E-state index contributed by atoms with van der Waals surface area (Å²) in [6, 6.07) is 6.44. The van der Waals surface area contributed by atoms with Crippen molar-refractivity contribution in [2.45, 2.75) is 39.2 Å². The first kappa shape index (κ1) is 17.0. The molecule has 1 fully saturated rings. The number of nitrogens with zero attached hydrogens (tertiary/aromatic N) is 1. The van der Waals surface area contributed by atoms with Gasteiger partial charge in [0.2, 0.25) is 0 Å². The zero-order valence-corrected chi connectivity index (χ0v) is 13.4. The Hall–Kier alpha value is -1.06. The lowest BCUT2D eigenvalue weighted by atomic mass is 10.0. The lowest BCUT2D eigenvalue weighted by molar-refractivity contribution is 0.0720. The second-order valence-corrected chi connectivity index (χ2v) is 5.63. The van der Waals surface area contributed by atoms with Gasteiger partial charge in [0.05, 0.1) is 0 Å². The number of rotatable bonds is 2. The van der Waals surface area contributed by atoms with Crippen molar-refractivity contribution in [2.75, 3.05) is 20.1 Å². The number of nitrogens with one attached hydrogen (secondary N) is 1. The van der Waals surface area contributed by atoms with Crippen LogP contribution in [0, 0.1) is 13.8 Å². The molecule has 1 atom stereocenters. The molecule has 4 heteroatoms. The number of halogens is 1. The largest absolute Gasteiger partial charge is 0.339 e. The van der Waals surface area contributed by atoms with Crippen LogP contribution in [0.15, 0.2) is 18.2 Å². The van der Waals surface area contributed by atoms with Gasteiger partial charge in [0, 0.05) is 18.7 Å². The van der Waals surface area contributed by atoms with E-state index in [1.165, 1.54) is 0 Å². The molecule has 1 aromatic carbocycles. The van der Waals surface area contributed by atoms with Crippen LogP contribution < -0.4 is 5.32 Å². The fourth-order valence-electron chi connectivity index (χ4n) is 2.86. The molecule has 112 valence electrons. The standard InChI is InChI=1S/C16H24N2O.ClH/c1-12-9-13(2)11-14(10-12)16(19)18(3)15-5-4-7-17-8-6-15;/h9-11,15,17H,4-8H2,1-3H3;1H. The minimum absolute atomic E-state index is 0. The molecule has 1 unspecified atom stereocenters. The smallest absolute Gasteiger partial charge is 0.253 e. The molecule has 1 saturated heterocycles. The maximum absolute atomic E-state index is 12.6. The highest BCUT2D eigenvalue weighted by Gasteiger charge is 2.22. The van der Waals surface area contributed by atoms with Crippen molar-refractivity contribution in [1.29, 1.82) is 0 Å². The summed E-state index contributed by atoms with van der Waals surface area (Å²) in [5, 5.41) is 3.39. The van der Waals surface area contributed by atoms with Gasteiger partial charge in [-0.05, 0) is 58.3 Å². The van der Waals surface area contributed by atoms with Crippen LogP contribution in [-0.2, 0) is 0 Å². The summed E-state index contributed by atoms with van der Waals surface area (Å²) >= 11 is 0. The molecule has 0 aromatic heterocycles. The van der Waals surface area contributed by atoms with Crippen molar-refractivity contribution in [1.82, 2.24) is 10.2 Å². The van der Waals surface area contributed by atoms with E-state index < -0.39 is 0 Å². The third-order valence-corrected chi connectivity index (χ3v) is 3.88. The zero-order valence-electron chi connectivity index (χ0n) is 12.6. The molecule has 1 amide bonds. The summed E-state index contributed by atoms with van der Waals surface area (Å²) in [6.07, 6.45) is 3.29. The van der Waals surface area contributed by atoms with E-state index in [0.717, 1.165) is 49.0 Å². The third-order valence-electron chi connectivity index (χ3n) is 3.88. The normalized spacial score (nSPS) is 18.9. The van der Waals surface area contributed by atoms with Gasteiger partial charge in [0.25, 0.3) is 5.91 Å². The highest BCUT2D eigenvalue weighted by molar-refractivity contribution is 5.94. The molecule has 0 spiro atoms. The van der Waals surface area contributed by atoms with E-state index in [2.05, 4.69) is 11.4 Å². The molecular weight excluding hydrogens is 272 g/mol. The summed E-state index contributed by atoms with van der Waals surface area (Å²) in [5.74, 6) is 0.152. The van der Waals surface area contributed by atoms with Crippen molar-refractivity contribution < 1.29 is 4.79 Å². The third kappa shape index (κ3) is 4.22. The highest BCUT2D eigenvalue weighted by atomic mass is 35.5. The molecule has 2 rings (SSSR count). The van der Waals surface area contributed by atoms with Gasteiger partial charge in [-0.25, -0.2) is 0 Å².